The Morgan fingerprint density at radius 1 is 0.700 bits per heavy atom. The summed E-state index contributed by atoms with van der Waals surface area (Å²) >= 11 is 2.68. The molecule has 2 N–H and O–H groups in total. The molecule has 2 aromatic heterocycles. The molecular formula is C45H50ClF6N3O3S2. The van der Waals surface area contributed by atoms with Crippen LogP contribution in [-0.4, -0.2) is 77.4 Å². The Balaban J connectivity index is 0.000000134. The molecule has 15 heteroatoms. The van der Waals surface area contributed by atoms with Crippen molar-refractivity contribution in [1.29, 1.82) is 0 Å². The van der Waals surface area contributed by atoms with Crippen molar-refractivity contribution in [3.8, 4) is 0 Å². The number of thiophene rings is 2. The van der Waals surface area contributed by atoms with Crippen LogP contribution >= 0.6 is 35.1 Å². The highest BCUT2D eigenvalue weighted by Crippen LogP contribution is 2.62. The number of hydrogen-bond donors (Lipinski definition) is 1. The van der Waals surface area contributed by atoms with E-state index in [1.54, 1.807) is 24.3 Å². The zero-order valence-electron chi connectivity index (χ0n) is 33.2. The lowest BCUT2D eigenvalue weighted by atomic mass is 9.70. The molecule has 0 unspecified atom stereocenters. The average molecular weight is 894 g/mol. The molecule has 6 nitrogen and oxygen atoms in total. The van der Waals surface area contributed by atoms with Crippen molar-refractivity contribution in [2.24, 2.45) is 23.5 Å². The predicted octanol–water partition coefficient (Wildman–Crippen LogP) is 10.8. The van der Waals surface area contributed by atoms with E-state index in [9.17, 15) is 31.1 Å². The maximum absolute atomic E-state index is 13.7. The van der Waals surface area contributed by atoms with E-state index >= 15 is 0 Å². The van der Waals surface area contributed by atoms with Crippen molar-refractivity contribution in [2.45, 2.75) is 124 Å². The van der Waals surface area contributed by atoms with Gasteiger partial charge in [0.15, 0.2) is 5.78 Å². The van der Waals surface area contributed by atoms with Gasteiger partial charge in [0.2, 0.25) is 0 Å². The summed E-state index contributed by atoms with van der Waals surface area (Å²) < 4.78 is 81.6. The van der Waals surface area contributed by atoms with Gasteiger partial charge < -0.3 is 5.73 Å². The first kappa shape index (κ1) is 43.8. The maximum atomic E-state index is 13.7. The van der Waals surface area contributed by atoms with Crippen molar-refractivity contribution in [2.75, 3.05) is 26.2 Å². The van der Waals surface area contributed by atoms with E-state index in [4.69, 9.17) is 15.3 Å². The van der Waals surface area contributed by atoms with Crippen LogP contribution in [0.2, 0.25) is 0 Å². The molecule has 6 aliphatic heterocycles. The summed E-state index contributed by atoms with van der Waals surface area (Å²) in [6, 6.07) is 14.6. The monoisotopic (exact) mass is 893 g/mol. The van der Waals surface area contributed by atoms with E-state index in [-0.39, 0.29) is 55.6 Å². The fraction of sp³-hybridized carbons (Fsp3) is 0.600. The molecule has 324 valence electrons. The number of Topliss-reactive ketones (excluding diaryl/α,β-unsaturated/α-hetero) is 1. The first-order valence-corrected chi connectivity index (χ1v) is 22.7. The second-order valence-corrected chi connectivity index (χ2v) is 20.3. The van der Waals surface area contributed by atoms with E-state index in [2.05, 4.69) is 9.80 Å². The largest absolute Gasteiger partial charge is 0.398 e. The lowest BCUT2D eigenvalue weighted by Crippen LogP contribution is -2.63. The van der Waals surface area contributed by atoms with Crippen molar-refractivity contribution in [1.82, 2.24) is 9.80 Å². The number of hydrogen-bond acceptors (Lipinski definition) is 8. The van der Waals surface area contributed by atoms with Crippen molar-refractivity contribution in [3.05, 3.63) is 69.9 Å². The van der Waals surface area contributed by atoms with Crippen molar-refractivity contribution in [3.63, 3.8) is 0 Å². The lowest BCUT2D eigenvalue weighted by molar-refractivity contribution is -0.191. The van der Waals surface area contributed by atoms with Crippen LogP contribution in [0.1, 0.15) is 104 Å². The van der Waals surface area contributed by atoms with Crippen LogP contribution in [0.4, 0.5) is 26.3 Å². The van der Waals surface area contributed by atoms with Crippen LogP contribution in [0.5, 0.6) is 0 Å². The van der Waals surface area contributed by atoms with Gasteiger partial charge in [0.25, 0.3) is 0 Å². The number of carbonyl (C=O) groups excluding carboxylic acids is 3. The smallest absolute Gasteiger partial charge is 0.326 e. The standard InChI is InChI=1S/C23H24F3NOS.C12H9F3S.C9H16N2.CO2.ClH/c24-23(25,26)21(6-7-21)16-3-1-2-15-12-19(29-20(15)16)18(28)13-17-14-4-10-27(11-5-14)22(17)8-9-22;13-12(14,15)11(5-6-11)9-3-1-2-8-4-7-16-10(8)9;10-8-7-1-5-11(6-2-7)9(8)3-4-9;2-1-3;/h1-3,12,14,17H,4-11,13H2;1-4,7H,5-6H2;7-8H,1-6,10H2;;1H/t17-;;8-;;/m1.1../s1. The number of rotatable bonds is 5. The highest BCUT2D eigenvalue weighted by molar-refractivity contribution is 7.21. The summed E-state index contributed by atoms with van der Waals surface area (Å²) in [4.78, 5) is 35.4. The minimum absolute atomic E-state index is 0. The summed E-state index contributed by atoms with van der Waals surface area (Å²) in [5, 5.41) is 3.54. The molecule has 4 aliphatic carbocycles. The first-order valence-electron chi connectivity index (χ1n) is 21.0. The van der Waals surface area contributed by atoms with Gasteiger partial charge in [0, 0.05) is 32.9 Å². The van der Waals surface area contributed by atoms with E-state index in [1.807, 2.05) is 29.6 Å². The van der Waals surface area contributed by atoms with Gasteiger partial charge in [0.1, 0.15) is 0 Å². The molecule has 0 amide bonds. The molecule has 8 heterocycles. The van der Waals surface area contributed by atoms with Crippen LogP contribution < -0.4 is 5.73 Å². The normalized spacial score (nSPS) is 29.8. The first-order chi connectivity index (χ1) is 28.1. The molecule has 0 radical (unpaired) electrons. The Hall–Kier alpha value is -2.84. The molecule has 4 bridgehead atoms. The molecule has 14 rings (SSSR count). The third kappa shape index (κ3) is 7.27. The Kier molecular flexibility index (Phi) is 11.5. The van der Waals surface area contributed by atoms with Crippen molar-refractivity contribution >= 4 is 67.2 Å². The van der Waals surface area contributed by atoms with Gasteiger partial charge in [-0.15, -0.1) is 35.1 Å². The molecule has 2 aromatic carbocycles. The van der Waals surface area contributed by atoms with Gasteiger partial charge in [0.05, 0.1) is 15.7 Å². The molecule has 10 aliphatic rings. The van der Waals surface area contributed by atoms with Gasteiger partial charge in [-0.05, 0) is 160 Å². The second kappa shape index (κ2) is 15.7. The Morgan fingerprint density at radius 3 is 1.65 bits per heavy atom. The third-order valence-electron chi connectivity index (χ3n) is 15.6. The van der Waals surface area contributed by atoms with E-state index in [1.165, 1.54) is 100 Å². The predicted molar refractivity (Wildman–Crippen MR) is 223 cm³/mol. The molecule has 2 atom stereocenters. The van der Waals surface area contributed by atoms with Crippen LogP contribution in [-0.2, 0) is 20.4 Å². The van der Waals surface area contributed by atoms with Crippen molar-refractivity contribution < 1.29 is 40.7 Å². The quantitative estimate of drug-likeness (QED) is 0.159. The summed E-state index contributed by atoms with van der Waals surface area (Å²) in [5.41, 5.74) is 4.56. The molecule has 10 fully saturated rings. The van der Waals surface area contributed by atoms with Gasteiger partial charge in [-0.3, -0.25) is 14.6 Å². The third-order valence-corrected chi connectivity index (χ3v) is 17.8. The molecule has 4 saturated carbocycles. The molecule has 6 saturated heterocycles. The lowest BCUT2D eigenvalue weighted by Gasteiger charge is -2.52. The number of benzene rings is 2. The van der Waals surface area contributed by atoms with Gasteiger partial charge in [-0.25, -0.2) is 0 Å². The highest BCUT2D eigenvalue weighted by atomic mass is 35.5. The number of fused-ring (bicyclic) bond motifs is 6. The Bertz CT molecular complexity index is 2250. The van der Waals surface area contributed by atoms with Gasteiger partial charge in [-0.2, -0.15) is 35.9 Å². The fourth-order valence-electron chi connectivity index (χ4n) is 11.6. The molecule has 2 spiro atoms. The summed E-state index contributed by atoms with van der Waals surface area (Å²) in [7, 11) is 0. The highest BCUT2D eigenvalue weighted by Gasteiger charge is 2.66. The SMILES string of the molecule is Cl.FC(F)(F)C1(c2cccc3ccsc23)CC1.N[C@@H]1C2CCN(CC2)C12CC2.O=C(C[C@@H]1C2CCN(CC2)C12CC2)c1cc2cccc(C3(C(F)(F)F)CC3)c2s1.O=C=O. The van der Waals surface area contributed by atoms with E-state index < -0.39 is 23.2 Å². The zero-order valence-corrected chi connectivity index (χ0v) is 35.7. The Labute approximate surface area is 359 Å². The van der Waals surface area contributed by atoms with E-state index in [0.29, 0.717) is 50.5 Å². The second-order valence-electron chi connectivity index (χ2n) is 18.3. The number of halogens is 7. The van der Waals surface area contributed by atoms with E-state index in [0.717, 1.165) is 21.4 Å². The maximum Gasteiger partial charge on any atom is 0.398 e. The topological polar surface area (TPSA) is 83.7 Å². The molecule has 4 aromatic rings. The number of alkyl halides is 6. The van der Waals surface area contributed by atoms with Gasteiger partial charge >= 0.3 is 18.5 Å². The van der Waals surface area contributed by atoms with Crippen LogP contribution in [0.3, 0.4) is 0 Å². The molecule has 60 heavy (non-hydrogen) atoms. The minimum atomic E-state index is -4.23. The number of ketones is 1. The van der Waals surface area contributed by atoms with Crippen LogP contribution in [0.15, 0.2) is 53.9 Å². The summed E-state index contributed by atoms with van der Waals surface area (Å²) in [6.07, 6.45) is 3.47. The zero-order chi connectivity index (χ0) is 41.6. The molecular weight excluding hydrogens is 844 g/mol. The summed E-state index contributed by atoms with van der Waals surface area (Å²) in [5.74, 6) is 2.05. The number of piperidine rings is 6. The average Bonchev–Trinajstić information content (AvgIpc) is 4.04. The number of nitrogens with two attached hydrogens (primary N) is 1. The van der Waals surface area contributed by atoms with Crippen LogP contribution in [0.25, 0.3) is 20.2 Å². The fourth-order valence-corrected chi connectivity index (χ4v) is 13.9. The van der Waals surface area contributed by atoms with Gasteiger partial charge in [-0.1, -0.05) is 36.4 Å². The minimum Gasteiger partial charge on any atom is -0.326 e. The summed E-state index contributed by atoms with van der Waals surface area (Å²) in [6.45, 7) is 5.00. The van der Waals surface area contributed by atoms with Crippen LogP contribution in [0, 0.1) is 17.8 Å². The number of carbonyl (C=O) groups is 1. The number of nitrogens with zero attached hydrogens (tertiary/aromatic N) is 2. The Morgan fingerprint density at radius 2 is 1.18 bits per heavy atom.